The van der Waals surface area contributed by atoms with E-state index in [0.717, 1.165) is 10.8 Å². The van der Waals surface area contributed by atoms with Crippen molar-refractivity contribution in [2.75, 3.05) is 52.2 Å². The Labute approximate surface area is 167 Å². The summed E-state index contributed by atoms with van der Waals surface area (Å²) < 4.78 is 36.8. The molecule has 0 aromatic carbocycles. The molecule has 1 rings (SSSR count). The Morgan fingerprint density at radius 3 is 2.48 bits per heavy atom. The fourth-order valence-corrected chi connectivity index (χ4v) is 2.58. The van der Waals surface area contributed by atoms with E-state index in [1.807, 2.05) is 31.3 Å². The van der Waals surface area contributed by atoms with E-state index in [0.29, 0.717) is 25.6 Å². The summed E-state index contributed by atoms with van der Waals surface area (Å²) in [5.74, 6) is 0.567. The standard InChI is InChI=1S/C14H25F3N6S.HI/c1-5-18-12(19-6-7-23(4)10-14(15,16)17)20-8-11-9-24-13(21-11)22(2)3;/h9H,5-8,10H2,1-4H3,(H2,18,19,20);1H. The Morgan fingerprint density at radius 2 is 1.96 bits per heavy atom. The van der Waals surface area contributed by atoms with Crippen LogP contribution in [0.2, 0.25) is 0 Å². The summed E-state index contributed by atoms with van der Waals surface area (Å²) in [6.07, 6.45) is -4.18. The molecule has 0 unspecified atom stereocenters. The highest BCUT2D eigenvalue weighted by molar-refractivity contribution is 14.0. The summed E-state index contributed by atoms with van der Waals surface area (Å²) in [7, 11) is 5.29. The fourth-order valence-electron chi connectivity index (χ4n) is 1.83. The lowest BCUT2D eigenvalue weighted by Crippen LogP contribution is -2.42. The Kier molecular flexibility index (Phi) is 11.3. The first-order valence-electron chi connectivity index (χ1n) is 7.60. The van der Waals surface area contributed by atoms with Crippen molar-refractivity contribution >= 4 is 46.4 Å². The average Bonchev–Trinajstić information content (AvgIpc) is 2.92. The molecule has 25 heavy (non-hydrogen) atoms. The molecule has 0 aliphatic heterocycles. The molecule has 0 radical (unpaired) electrons. The number of hydrogen-bond acceptors (Lipinski definition) is 5. The largest absolute Gasteiger partial charge is 0.401 e. The zero-order chi connectivity index (χ0) is 18.2. The molecule has 1 aromatic rings. The van der Waals surface area contributed by atoms with Gasteiger partial charge in [-0.2, -0.15) is 13.2 Å². The Hall–Kier alpha value is -0.820. The van der Waals surface area contributed by atoms with Crippen molar-refractivity contribution in [2.45, 2.75) is 19.6 Å². The van der Waals surface area contributed by atoms with Crippen LogP contribution in [0.15, 0.2) is 10.4 Å². The maximum atomic E-state index is 12.3. The molecular weight excluding hydrogens is 468 g/mol. The van der Waals surface area contributed by atoms with Crippen molar-refractivity contribution in [3.05, 3.63) is 11.1 Å². The van der Waals surface area contributed by atoms with Crippen LogP contribution in [0, 0.1) is 0 Å². The number of alkyl halides is 3. The van der Waals surface area contributed by atoms with Crippen LogP contribution < -0.4 is 15.5 Å². The molecule has 11 heteroatoms. The van der Waals surface area contributed by atoms with Gasteiger partial charge >= 0.3 is 6.18 Å². The van der Waals surface area contributed by atoms with Gasteiger partial charge < -0.3 is 15.5 Å². The molecule has 0 spiro atoms. The number of aliphatic imine (C=N–C) groups is 1. The van der Waals surface area contributed by atoms with Gasteiger partial charge in [-0.05, 0) is 14.0 Å². The molecular formula is C14H26F3IN6S. The van der Waals surface area contributed by atoms with Gasteiger partial charge in [-0.15, -0.1) is 35.3 Å². The molecule has 0 saturated heterocycles. The highest BCUT2D eigenvalue weighted by atomic mass is 127. The van der Waals surface area contributed by atoms with Gasteiger partial charge in [-0.3, -0.25) is 4.90 Å². The van der Waals surface area contributed by atoms with Gasteiger partial charge in [-0.25, -0.2) is 9.98 Å². The molecule has 0 aliphatic carbocycles. The zero-order valence-corrected chi connectivity index (χ0v) is 18.0. The number of rotatable bonds is 8. The van der Waals surface area contributed by atoms with Crippen LogP contribution >= 0.6 is 35.3 Å². The Balaban J connectivity index is 0.00000576. The van der Waals surface area contributed by atoms with Crippen LogP contribution in [-0.4, -0.2) is 69.3 Å². The molecule has 146 valence electrons. The molecule has 2 N–H and O–H groups in total. The quantitative estimate of drug-likeness (QED) is 0.330. The molecule has 0 fully saturated rings. The number of likely N-dealkylation sites (N-methyl/N-ethyl adjacent to an activating group) is 1. The summed E-state index contributed by atoms with van der Waals surface area (Å²) >= 11 is 1.54. The fraction of sp³-hybridized carbons (Fsp3) is 0.714. The smallest absolute Gasteiger partial charge is 0.357 e. The number of nitrogens with zero attached hydrogens (tertiary/aromatic N) is 4. The van der Waals surface area contributed by atoms with Gasteiger partial charge in [0.05, 0.1) is 18.8 Å². The van der Waals surface area contributed by atoms with Crippen LogP contribution in [0.3, 0.4) is 0 Å². The van der Waals surface area contributed by atoms with Gasteiger partial charge in [0.2, 0.25) is 0 Å². The van der Waals surface area contributed by atoms with Crippen LogP contribution in [0.4, 0.5) is 18.3 Å². The second-order valence-corrected chi connectivity index (χ2v) is 6.33. The van der Waals surface area contributed by atoms with Gasteiger partial charge in [0.1, 0.15) is 0 Å². The highest BCUT2D eigenvalue weighted by Crippen LogP contribution is 2.18. The summed E-state index contributed by atoms with van der Waals surface area (Å²) in [6, 6.07) is 0. The van der Waals surface area contributed by atoms with Gasteiger partial charge in [0.25, 0.3) is 0 Å². The van der Waals surface area contributed by atoms with Gasteiger partial charge in [0.15, 0.2) is 11.1 Å². The van der Waals surface area contributed by atoms with Crippen LogP contribution in [0.1, 0.15) is 12.6 Å². The first kappa shape index (κ1) is 24.2. The highest BCUT2D eigenvalue weighted by Gasteiger charge is 2.28. The average molecular weight is 494 g/mol. The first-order chi connectivity index (χ1) is 11.2. The Bertz CT molecular complexity index is 521. The van der Waals surface area contributed by atoms with Gasteiger partial charge in [0, 0.05) is 39.1 Å². The topological polar surface area (TPSA) is 55.8 Å². The minimum Gasteiger partial charge on any atom is -0.357 e. The minimum atomic E-state index is -4.18. The predicted octanol–water partition coefficient (Wildman–Crippen LogP) is 2.38. The van der Waals surface area contributed by atoms with E-state index in [1.54, 1.807) is 11.3 Å². The summed E-state index contributed by atoms with van der Waals surface area (Å²) in [6.45, 7) is 2.74. The van der Waals surface area contributed by atoms with E-state index in [9.17, 15) is 13.2 Å². The molecule has 0 bridgehead atoms. The van der Waals surface area contributed by atoms with Crippen LogP contribution in [0.5, 0.6) is 0 Å². The predicted molar refractivity (Wildman–Crippen MR) is 108 cm³/mol. The molecule has 0 saturated carbocycles. The zero-order valence-electron chi connectivity index (χ0n) is 14.9. The number of halogens is 4. The van der Waals surface area contributed by atoms with Crippen molar-refractivity contribution in [1.82, 2.24) is 20.5 Å². The van der Waals surface area contributed by atoms with E-state index in [-0.39, 0.29) is 30.5 Å². The molecule has 0 aliphatic rings. The molecule has 6 nitrogen and oxygen atoms in total. The van der Waals surface area contributed by atoms with Crippen LogP contribution in [-0.2, 0) is 6.54 Å². The summed E-state index contributed by atoms with van der Waals surface area (Å²) in [4.78, 5) is 12.0. The van der Waals surface area contributed by atoms with E-state index < -0.39 is 12.7 Å². The number of aromatic nitrogens is 1. The van der Waals surface area contributed by atoms with Crippen molar-refractivity contribution in [2.24, 2.45) is 4.99 Å². The molecule has 0 atom stereocenters. The second kappa shape index (κ2) is 11.7. The van der Waals surface area contributed by atoms with Crippen molar-refractivity contribution < 1.29 is 13.2 Å². The molecule has 1 heterocycles. The third-order valence-electron chi connectivity index (χ3n) is 2.90. The number of anilines is 1. The Morgan fingerprint density at radius 1 is 1.28 bits per heavy atom. The minimum absolute atomic E-state index is 0. The summed E-state index contributed by atoms with van der Waals surface area (Å²) in [5, 5.41) is 8.95. The van der Waals surface area contributed by atoms with Crippen molar-refractivity contribution in [3.63, 3.8) is 0 Å². The maximum Gasteiger partial charge on any atom is 0.401 e. The third-order valence-corrected chi connectivity index (χ3v) is 3.96. The monoisotopic (exact) mass is 494 g/mol. The molecule has 1 aromatic heterocycles. The lowest BCUT2D eigenvalue weighted by atomic mass is 10.5. The lowest BCUT2D eigenvalue weighted by molar-refractivity contribution is -0.142. The van der Waals surface area contributed by atoms with E-state index in [1.165, 1.54) is 11.9 Å². The van der Waals surface area contributed by atoms with Crippen molar-refractivity contribution in [3.8, 4) is 0 Å². The van der Waals surface area contributed by atoms with Crippen LogP contribution in [0.25, 0.3) is 0 Å². The number of guanidine groups is 1. The van der Waals surface area contributed by atoms with E-state index >= 15 is 0 Å². The number of thiazole rings is 1. The third kappa shape index (κ3) is 10.7. The van der Waals surface area contributed by atoms with Gasteiger partial charge in [-0.1, -0.05) is 0 Å². The summed E-state index contributed by atoms with van der Waals surface area (Å²) in [5.41, 5.74) is 0.857. The van der Waals surface area contributed by atoms with E-state index in [4.69, 9.17) is 0 Å². The number of nitrogens with one attached hydrogen (secondary N) is 2. The van der Waals surface area contributed by atoms with E-state index in [2.05, 4.69) is 20.6 Å². The molecule has 0 amide bonds. The lowest BCUT2D eigenvalue weighted by Gasteiger charge is -2.19. The maximum absolute atomic E-state index is 12.3. The van der Waals surface area contributed by atoms with Crippen molar-refractivity contribution in [1.29, 1.82) is 0 Å². The SMILES string of the molecule is CCNC(=NCc1csc(N(C)C)n1)NCCN(C)CC(F)(F)F.I. The number of hydrogen-bond donors (Lipinski definition) is 2. The first-order valence-corrected chi connectivity index (χ1v) is 8.48. The second-order valence-electron chi connectivity index (χ2n) is 5.49. The normalized spacial score (nSPS) is 12.1.